The van der Waals surface area contributed by atoms with Gasteiger partial charge in [0.15, 0.2) is 0 Å². The summed E-state index contributed by atoms with van der Waals surface area (Å²) in [5.74, 6) is 1.39. The molecule has 1 aliphatic heterocycles. The summed E-state index contributed by atoms with van der Waals surface area (Å²) in [6.07, 6.45) is 0.759. The number of sulfonamides is 1. The molecule has 0 atom stereocenters. The van der Waals surface area contributed by atoms with E-state index in [0.29, 0.717) is 23.9 Å². The van der Waals surface area contributed by atoms with Gasteiger partial charge in [-0.1, -0.05) is 12.1 Å². The average molecular weight is 334 g/mol. The zero-order valence-electron chi connectivity index (χ0n) is 11.8. The van der Waals surface area contributed by atoms with Gasteiger partial charge in [0.25, 0.3) is 0 Å². The first-order chi connectivity index (χ1) is 9.35. The molecule has 1 aromatic carbocycles. The van der Waals surface area contributed by atoms with Gasteiger partial charge >= 0.3 is 0 Å². The molecular formula is C14H20ClNO2S2. The van der Waals surface area contributed by atoms with E-state index in [1.165, 1.54) is 0 Å². The Bertz CT molecular complexity index is 555. The van der Waals surface area contributed by atoms with Gasteiger partial charge in [-0.05, 0) is 38.0 Å². The standard InChI is InChI=1S/C14H20ClNO2S2/c1-14(2)11-16(9-10-19-14)20(17,18)13-5-3-12(4-6-13)7-8-15/h3-6H,7-11H2,1-2H3. The van der Waals surface area contributed by atoms with Crippen molar-refractivity contribution in [2.75, 3.05) is 24.7 Å². The fourth-order valence-electron chi connectivity index (χ4n) is 2.26. The number of halogens is 1. The highest BCUT2D eigenvalue weighted by molar-refractivity contribution is 8.00. The average Bonchev–Trinajstić information content (AvgIpc) is 2.38. The molecule has 0 N–H and O–H groups in total. The lowest BCUT2D eigenvalue weighted by Crippen LogP contribution is -2.46. The van der Waals surface area contributed by atoms with Crippen LogP contribution < -0.4 is 0 Å². The van der Waals surface area contributed by atoms with E-state index in [0.717, 1.165) is 17.7 Å². The van der Waals surface area contributed by atoms with Gasteiger partial charge in [-0.15, -0.1) is 11.6 Å². The molecule has 2 rings (SSSR count). The van der Waals surface area contributed by atoms with Crippen molar-refractivity contribution < 1.29 is 8.42 Å². The molecule has 0 saturated carbocycles. The molecule has 112 valence electrons. The third-order valence-corrected chi connectivity index (χ3v) is 6.68. The minimum Gasteiger partial charge on any atom is -0.207 e. The molecule has 0 unspecified atom stereocenters. The smallest absolute Gasteiger partial charge is 0.207 e. The van der Waals surface area contributed by atoms with Gasteiger partial charge in [0, 0.05) is 29.5 Å². The lowest BCUT2D eigenvalue weighted by atomic mass is 10.2. The highest BCUT2D eigenvalue weighted by Crippen LogP contribution is 2.32. The number of nitrogens with zero attached hydrogens (tertiary/aromatic N) is 1. The van der Waals surface area contributed by atoms with Crippen LogP contribution in [0.15, 0.2) is 29.2 Å². The molecule has 0 bridgehead atoms. The third kappa shape index (κ3) is 3.70. The first kappa shape index (κ1) is 16.1. The Morgan fingerprint density at radius 2 is 1.95 bits per heavy atom. The van der Waals surface area contributed by atoms with Crippen LogP contribution in [0.25, 0.3) is 0 Å². The number of hydrogen-bond acceptors (Lipinski definition) is 3. The van der Waals surface area contributed by atoms with E-state index in [2.05, 4.69) is 13.8 Å². The number of aryl methyl sites for hydroxylation is 1. The van der Waals surface area contributed by atoms with E-state index in [1.54, 1.807) is 16.4 Å². The molecule has 0 aromatic heterocycles. The Morgan fingerprint density at radius 3 is 2.50 bits per heavy atom. The van der Waals surface area contributed by atoms with E-state index in [4.69, 9.17) is 11.6 Å². The topological polar surface area (TPSA) is 37.4 Å². The van der Waals surface area contributed by atoms with Crippen molar-refractivity contribution in [3.63, 3.8) is 0 Å². The second kappa shape index (κ2) is 6.26. The monoisotopic (exact) mass is 333 g/mol. The van der Waals surface area contributed by atoms with Gasteiger partial charge in [-0.2, -0.15) is 16.1 Å². The fourth-order valence-corrected chi connectivity index (χ4v) is 5.39. The summed E-state index contributed by atoms with van der Waals surface area (Å²) in [6, 6.07) is 7.07. The lowest BCUT2D eigenvalue weighted by molar-refractivity contribution is 0.387. The number of thioether (sulfide) groups is 1. The van der Waals surface area contributed by atoms with Gasteiger partial charge in [0.05, 0.1) is 4.90 Å². The van der Waals surface area contributed by atoms with E-state index < -0.39 is 10.0 Å². The number of alkyl halides is 1. The van der Waals surface area contributed by atoms with E-state index in [9.17, 15) is 8.42 Å². The molecular weight excluding hydrogens is 314 g/mol. The van der Waals surface area contributed by atoms with Crippen LogP contribution in [0.2, 0.25) is 0 Å². The summed E-state index contributed by atoms with van der Waals surface area (Å²) < 4.78 is 26.8. The summed E-state index contributed by atoms with van der Waals surface area (Å²) >= 11 is 7.51. The van der Waals surface area contributed by atoms with Gasteiger partial charge < -0.3 is 0 Å². The van der Waals surface area contributed by atoms with Crippen molar-refractivity contribution in [1.29, 1.82) is 0 Å². The normalized spacial score (nSPS) is 19.9. The lowest BCUT2D eigenvalue weighted by Gasteiger charge is -2.36. The van der Waals surface area contributed by atoms with Crippen molar-refractivity contribution in [3.05, 3.63) is 29.8 Å². The van der Waals surface area contributed by atoms with Crippen LogP contribution in [0.3, 0.4) is 0 Å². The van der Waals surface area contributed by atoms with Crippen LogP contribution in [0, 0.1) is 0 Å². The van der Waals surface area contributed by atoms with Crippen LogP contribution in [0.4, 0.5) is 0 Å². The van der Waals surface area contributed by atoms with Crippen molar-refractivity contribution in [1.82, 2.24) is 4.31 Å². The second-order valence-corrected chi connectivity index (χ2v) is 9.65. The molecule has 1 saturated heterocycles. The predicted molar refractivity (Wildman–Crippen MR) is 86.2 cm³/mol. The molecule has 6 heteroatoms. The van der Waals surface area contributed by atoms with Crippen molar-refractivity contribution in [2.45, 2.75) is 29.9 Å². The van der Waals surface area contributed by atoms with Crippen molar-refractivity contribution >= 4 is 33.4 Å². The molecule has 1 fully saturated rings. The highest BCUT2D eigenvalue weighted by atomic mass is 35.5. The van der Waals surface area contributed by atoms with Gasteiger partial charge in [0.1, 0.15) is 0 Å². The Balaban J connectivity index is 2.21. The zero-order chi connectivity index (χ0) is 14.8. The highest BCUT2D eigenvalue weighted by Gasteiger charge is 2.34. The van der Waals surface area contributed by atoms with E-state index in [1.807, 2.05) is 23.9 Å². The molecule has 1 heterocycles. The maximum Gasteiger partial charge on any atom is 0.243 e. The molecule has 0 radical (unpaired) electrons. The van der Waals surface area contributed by atoms with Crippen molar-refractivity contribution in [3.8, 4) is 0 Å². The van der Waals surface area contributed by atoms with Crippen LogP contribution in [-0.2, 0) is 16.4 Å². The molecule has 20 heavy (non-hydrogen) atoms. The second-order valence-electron chi connectivity index (χ2n) is 5.53. The summed E-state index contributed by atoms with van der Waals surface area (Å²) in [5.41, 5.74) is 1.06. The molecule has 0 amide bonds. The van der Waals surface area contributed by atoms with E-state index in [-0.39, 0.29) is 4.75 Å². The van der Waals surface area contributed by atoms with Crippen LogP contribution >= 0.6 is 23.4 Å². The molecule has 3 nitrogen and oxygen atoms in total. The Kier molecular flexibility index (Phi) is 5.05. The van der Waals surface area contributed by atoms with Crippen LogP contribution in [0.1, 0.15) is 19.4 Å². The maximum atomic E-state index is 12.6. The molecule has 0 spiro atoms. The minimum absolute atomic E-state index is 0.0239. The predicted octanol–water partition coefficient (Wildman–Crippen LogP) is 2.98. The van der Waals surface area contributed by atoms with Gasteiger partial charge in [-0.3, -0.25) is 0 Å². The Labute approximate surface area is 130 Å². The molecule has 0 aliphatic carbocycles. The maximum absolute atomic E-state index is 12.6. The summed E-state index contributed by atoms with van der Waals surface area (Å²) in [6.45, 7) is 5.31. The number of benzene rings is 1. The fraction of sp³-hybridized carbons (Fsp3) is 0.571. The minimum atomic E-state index is -3.38. The first-order valence-electron chi connectivity index (χ1n) is 6.64. The molecule has 1 aromatic rings. The summed E-state index contributed by atoms with van der Waals surface area (Å²) in [7, 11) is -3.38. The number of rotatable bonds is 4. The van der Waals surface area contributed by atoms with Crippen LogP contribution in [-0.4, -0.2) is 42.2 Å². The SMILES string of the molecule is CC1(C)CN(S(=O)(=O)c2ccc(CCCl)cc2)CCS1. The molecule has 1 aliphatic rings. The van der Waals surface area contributed by atoms with Gasteiger partial charge in [-0.25, -0.2) is 8.42 Å². The largest absolute Gasteiger partial charge is 0.243 e. The first-order valence-corrected chi connectivity index (χ1v) is 9.60. The zero-order valence-corrected chi connectivity index (χ0v) is 14.2. The quantitative estimate of drug-likeness (QED) is 0.795. The van der Waals surface area contributed by atoms with Gasteiger partial charge in [0.2, 0.25) is 10.0 Å². The summed E-state index contributed by atoms with van der Waals surface area (Å²) in [4.78, 5) is 0.374. The Morgan fingerprint density at radius 1 is 1.30 bits per heavy atom. The summed E-state index contributed by atoms with van der Waals surface area (Å²) in [5, 5.41) is 0. The van der Waals surface area contributed by atoms with Crippen LogP contribution in [0.5, 0.6) is 0 Å². The van der Waals surface area contributed by atoms with Crippen molar-refractivity contribution in [2.24, 2.45) is 0 Å². The number of hydrogen-bond donors (Lipinski definition) is 0. The Hall–Kier alpha value is -0.230. The third-order valence-electron chi connectivity index (χ3n) is 3.33. The van der Waals surface area contributed by atoms with E-state index >= 15 is 0 Å².